The highest BCUT2D eigenvalue weighted by atomic mass is 16.6. The maximum Gasteiger partial charge on any atom is 0.407 e. The normalized spacial score (nSPS) is 12.8. The van der Waals surface area contributed by atoms with Crippen molar-refractivity contribution < 1.29 is 33.4 Å². The molecule has 0 saturated carbocycles. The van der Waals surface area contributed by atoms with E-state index in [0.29, 0.717) is 25.9 Å². The summed E-state index contributed by atoms with van der Waals surface area (Å²) in [5.74, 6) is -1.75. The second-order valence-corrected chi connectivity index (χ2v) is 7.13. The molecule has 0 fully saturated rings. The van der Waals surface area contributed by atoms with Gasteiger partial charge in [0.15, 0.2) is 6.61 Å². The third-order valence-corrected chi connectivity index (χ3v) is 3.59. The first-order chi connectivity index (χ1) is 13.2. The quantitative estimate of drug-likeness (QED) is 0.393. The first-order valence-electron chi connectivity index (χ1n) is 8.93. The van der Waals surface area contributed by atoms with Gasteiger partial charge in [0.2, 0.25) is 0 Å². The van der Waals surface area contributed by atoms with Gasteiger partial charge in [-0.25, -0.2) is 14.4 Å². The lowest BCUT2D eigenvalue weighted by molar-refractivity contribution is -0.123. The van der Waals surface area contributed by atoms with Crippen LogP contribution in [0.3, 0.4) is 0 Å². The van der Waals surface area contributed by atoms with E-state index in [1.807, 2.05) is 0 Å². The smallest absolute Gasteiger partial charge is 0.407 e. The van der Waals surface area contributed by atoms with Crippen molar-refractivity contribution in [3.63, 3.8) is 0 Å². The average molecular weight is 392 g/mol. The largest absolute Gasteiger partial charge is 0.483 e. The van der Waals surface area contributed by atoms with Gasteiger partial charge in [-0.05, 0) is 45.7 Å². The molecule has 2 N–H and O–H groups in total. The van der Waals surface area contributed by atoms with Crippen molar-refractivity contribution >= 4 is 23.9 Å². The monoisotopic (exact) mass is 392 g/mol. The van der Waals surface area contributed by atoms with Crippen LogP contribution in [0.1, 0.15) is 54.3 Å². The highest BCUT2D eigenvalue weighted by Crippen LogP contribution is 2.28. The Labute approximate surface area is 162 Å². The van der Waals surface area contributed by atoms with E-state index in [1.54, 1.807) is 26.8 Å². The van der Waals surface area contributed by atoms with E-state index in [2.05, 4.69) is 15.4 Å². The molecule has 0 aromatic heterocycles. The zero-order chi connectivity index (χ0) is 20.7. The molecule has 9 nitrogen and oxygen atoms in total. The van der Waals surface area contributed by atoms with E-state index in [1.165, 1.54) is 12.1 Å². The summed E-state index contributed by atoms with van der Waals surface area (Å²) >= 11 is 0. The summed E-state index contributed by atoms with van der Waals surface area (Å²) in [5.41, 5.74) is -0.380. The number of hydrogen-bond donors (Lipinski definition) is 2. The first-order valence-corrected chi connectivity index (χ1v) is 8.93. The Kier molecular flexibility index (Phi) is 6.97. The van der Waals surface area contributed by atoms with Crippen molar-refractivity contribution in [3.05, 3.63) is 29.3 Å². The average Bonchev–Trinajstić information content (AvgIpc) is 2.89. The predicted octanol–water partition coefficient (Wildman–Crippen LogP) is 1.80. The van der Waals surface area contributed by atoms with Gasteiger partial charge in [0.25, 0.3) is 5.91 Å². The summed E-state index contributed by atoms with van der Waals surface area (Å²) in [6.45, 7) is 5.91. The van der Waals surface area contributed by atoms with E-state index in [0.717, 1.165) is 0 Å². The number of hydrogen-bond acceptors (Lipinski definition) is 7. The molecule has 1 aromatic carbocycles. The number of rotatable bonds is 8. The van der Waals surface area contributed by atoms with Crippen molar-refractivity contribution in [2.45, 2.75) is 39.2 Å². The lowest BCUT2D eigenvalue weighted by Gasteiger charge is -2.19. The van der Waals surface area contributed by atoms with Crippen molar-refractivity contribution in [2.24, 2.45) is 0 Å². The van der Waals surface area contributed by atoms with Crippen LogP contribution in [-0.2, 0) is 14.3 Å². The highest BCUT2D eigenvalue weighted by Gasteiger charge is 2.33. The van der Waals surface area contributed by atoms with E-state index in [-0.39, 0.29) is 29.4 Å². The second-order valence-electron chi connectivity index (χ2n) is 7.13. The molecular formula is C19H24N2O7. The summed E-state index contributed by atoms with van der Waals surface area (Å²) in [6, 6.07) is 4.50. The minimum Gasteiger partial charge on any atom is -0.483 e. The topological polar surface area (TPSA) is 120 Å². The number of fused-ring (bicyclic) bond motifs is 1. The van der Waals surface area contributed by atoms with Crippen molar-refractivity contribution in [3.8, 4) is 5.75 Å². The van der Waals surface area contributed by atoms with Crippen molar-refractivity contribution in [2.75, 3.05) is 19.7 Å². The zero-order valence-electron chi connectivity index (χ0n) is 16.1. The molecule has 0 unspecified atom stereocenters. The summed E-state index contributed by atoms with van der Waals surface area (Å²) in [7, 11) is 0. The predicted molar refractivity (Wildman–Crippen MR) is 98.2 cm³/mol. The number of ether oxygens (including phenoxy) is 3. The summed E-state index contributed by atoms with van der Waals surface area (Å²) in [5, 5.41) is 5.31. The standard InChI is InChI=1S/C19H24N2O7/c1-19(2,3)28-18(25)21-10-5-4-9-20-14(22)11-26-13-8-6-7-12-15(13)17(24)27-16(12)23/h6-8H,4-5,9-11H2,1-3H3,(H,20,22)(H,21,25). The van der Waals surface area contributed by atoms with Crippen LogP contribution in [0.4, 0.5) is 4.79 Å². The van der Waals surface area contributed by atoms with Crippen LogP contribution in [0.2, 0.25) is 0 Å². The van der Waals surface area contributed by atoms with E-state index < -0.39 is 23.6 Å². The fraction of sp³-hybridized carbons (Fsp3) is 0.474. The van der Waals surface area contributed by atoms with E-state index >= 15 is 0 Å². The Morgan fingerprint density at radius 2 is 1.71 bits per heavy atom. The van der Waals surface area contributed by atoms with Gasteiger partial charge in [-0.3, -0.25) is 4.79 Å². The number of carbonyl (C=O) groups excluding carboxylic acids is 4. The van der Waals surface area contributed by atoms with Gasteiger partial charge in [-0.2, -0.15) is 0 Å². The van der Waals surface area contributed by atoms with Crippen molar-refractivity contribution in [1.29, 1.82) is 0 Å². The summed E-state index contributed by atoms with van der Waals surface area (Å²) < 4.78 is 15.0. The van der Waals surface area contributed by atoms with Crippen LogP contribution < -0.4 is 15.4 Å². The van der Waals surface area contributed by atoms with Crippen LogP contribution in [0, 0.1) is 0 Å². The SMILES string of the molecule is CC(C)(C)OC(=O)NCCCCNC(=O)COc1cccc2c1C(=O)OC2=O. The molecule has 9 heteroatoms. The molecular weight excluding hydrogens is 368 g/mol. The molecule has 0 atom stereocenters. The Morgan fingerprint density at radius 3 is 2.39 bits per heavy atom. The van der Waals surface area contributed by atoms with Gasteiger partial charge in [-0.15, -0.1) is 0 Å². The van der Waals surface area contributed by atoms with Crippen molar-refractivity contribution in [1.82, 2.24) is 10.6 Å². The number of alkyl carbamates (subject to hydrolysis) is 1. The molecule has 2 rings (SSSR count). The Balaban J connectivity index is 1.64. The van der Waals surface area contributed by atoms with Crippen LogP contribution in [-0.4, -0.2) is 49.2 Å². The van der Waals surface area contributed by atoms with Crippen LogP contribution in [0.25, 0.3) is 0 Å². The molecule has 0 aliphatic carbocycles. The molecule has 0 bridgehead atoms. The van der Waals surface area contributed by atoms with Gasteiger partial charge in [0, 0.05) is 13.1 Å². The summed E-state index contributed by atoms with van der Waals surface area (Å²) in [6.07, 6.45) is 0.848. The second kappa shape index (κ2) is 9.20. The van der Waals surface area contributed by atoms with Crippen LogP contribution in [0.5, 0.6) is 5.75 Å². The maximum absolute atomic E-state index is 11.9. The number of unbranched alkanes of at least 4 members (excludes halogenated alkanes) is 1. The highest BCUT2D eigenvalue weighted by molar-refractivity contribution is 6.16. The number of carbonyl (C=O) groups is 4. The first kappa shape index (κ1) is 21.2. The molecule has 1 aliphatic heterocycles. The minimum atomic E-state index is -0.784. The van der Waals surface area contributed by atoms with Gasteiger partial charge in [-0.1, -0.05) is 6.07 Å². The molecule has 0 radical (unpaired) electrons. The van der Waals surface area contributed by atoms with Crippen LogP contribution in [0.15, 0.2) is 18.2 Å². The molecule has 28 heavy (non-hydrogen) atoms. The van der Waals surface area contributed by atoms with Gasteiger partial charge in [0.1, 0.15) is 16.9 Å². The molecule has 152 valence electrons. The number of benzene rings is 1. The number of cyclic esters (lactones) is 2. The van der Waals surface area contributed by atoms with E-state index in [4.69, 9.17) is 9.47 Å². The van der Waals surface area contributed by atoms with Crippen LogP contribution >= 0.6 is 0 Å². The molecule has 1 heterocycles. The fourth-order valence-corrected chi connectivity index (χ4v) is 2.40. The lowest BCUT2D eigenvalue weighted by Crippen LogP contribution is -2.33. The molecule has 0 saturated heterocycles. The number of esters is 2. The maximum atomic E-state index is 11.9. The fourth-order valence-electron chi connectivity index (χ4n) is 2.40. The number of amides is 2. The molecule has 0 spiro atoms. The Hall–Kier alpha value is -3.10. The lowest BCUT2D eigenvalue weighted by atomic mass is 10.1. The minimum absolute atomic E-state index is 0.0357. The van der Waals surface area contributed by atoms with E-state index in [9.17, 15) is 19.2 Å². The Bertz CT molecular complexity index is 768. The molecule has 1 aromatic rings. The third-order valence-electron chi connectivity index (χ3n) is 3.59. The molecule has 2 amide bonds. The van der Waals surface area contributed by atoms with Gasteiger partial charge < -0.3 is 24.8 Å². The summed E-state index contributed by atoms with van der Waals surface area (Å²) in [4.78, 5) is 46.5. The van der Waals surface area contributed by atoms with Gasteiger partial charge in [0.05, 0.1) is 5.56 Å². The Morgan fingerprint density at radius 1 is 1.04 bits per heavy atom. The third kappa shape index (κ3) is 6.26. The number of nitrogens with one attached hydrogen (secondary N) is 2. The molecule has 1 aliphatic rings. The zero-order valence-corrected chi connectivity index (χ0v) is 16.1. The van der Waals surface area contributed by atoms with Gasteiger partial charge >= 0.3 is 18.0 Å².